The van der Waals surface area contributed by atoms with Crippen molar-refractivity contribution in [1.29, 1.82) is 0 Å². The van der Waals surface area contributed by atoms with E-state index in [-0.39, 0.29) is 17.7 Å². The van der Waals surface area contributed by atoms with E-state index in [2.05, 4.69) is 11.4 Å². The van der Waals surface area contributed by atoms with Gasteiger partial charge in [-0.25, -0.2) is 4.79 Å². The first-order chi connectivity index (χ1) is 10.6. The molecule has 2 N–H and O–H groups in total. The lowest BCUT2D eigenvalue weighted by atomic mass is 10.1. The maximum Gasteiger partial charge on any atom is 0.330 e. The van der Waals surface area contributed by atoms with Crippen molar-refractivity contribution in [2.75, 3.05) is 0 Å². The molecule has 1 aliphatic carbocycles. The first-order valence-electron chi connectivity index (χ1n) is 7.20. The molecule has 4 nitrogen and oxygen atoms in total. The SMILES string of the molecule is Cc1ccsc1[C@@H]1C[C@@H]1C(=O)N[C@H](C(=O)O)c1ccccc1. The lowest BCUT2D eigenvalue weighted by Crippen LogP contribution is -2.34. The van der Waals surface area contributed by atoms with Crippen LogP contribution in [0.15, 0.2) is 41.8 Å². The lowest BCUT2D eigenvalue weighted by molar-refractivity contribution is -0.142. The summed E-state index contributed by atoms with van der Waals surface area (Å²) >= 11 is 1.67. The van der Waals surface area contributed by atoms with Crippen LogP contribution in [0.25, 0.3) is 0 Å². The molecule has 1 aliphatic rings. The Morgan fingerprint density at radius 1 is 1.27 bits per heavy atom. The van der Waals surface area contributed by atoms with Crippen molar-refractivity contribution in [2.45, 2.75) is 25.3 Å². The van der Waals surface area contributed by atoms with Gasteiger partial charge in [0.05, 0.1) is 0 Å². The van der Waals surface area contributed by atoms with Crippen LogP contribution in [0.4, 0.5) is 0 Å². The largest absolute Gasteiger partial charge is 0.479 e. The number of amides is 1. The van der Waals surface area contributed by atoms with Crippen molar-refractivity contribution in [3.8, 4) is 0 Å². The van der Waals surface area contributed by atoms with E-state index >= 15 is 0 Å². The third kappa shape index (κ3) is 2.90. The molecular formula is C17H17NO3S. The standard InChI is InChI=1S/C17H17NO3S/c1-10-7-8-22-15(10)12-9-13(12)16(19)18-14(17(20)21)11-5-3-2-4-6-11/h2-8,12-14H,9H2,1H3,(H,18,19)(H,20,21)/t12-,13+,14+/m1/s1. The van der Waals surface area contributed by atoms with Crippen molar-refractivity contribution < 1.29 is 14.7 Å². The second-order valence-electron chi connectivity index (χ2n) is 5.61. The summed E-state index contributed by atoms with van der Waals surface area (Å²) in [6, 6.07) is 9.86. The zero-order valence-corrected chi connectivity index (χ0v) is 13.0. The Bertz CT molecular complexity index is 695. The number of rotatable bonds is 5. The molecule has 2 aromatic rings. The second-order valence-corrected chi connectivity index (χ2v) is 6.55. The van der Waals surface area contributed by atoms with Gasteiger partial charge in [-0.15, -0.1) is 11.3 Å². The molecular weight excluding hydrogens is 298 g/mol. The Kier molecular flexibility index (Phi) is 3.98. The van der Waals surface area contributed by atoms with E-state index in [1.807, 2.05) is 18.4 Å². The lowest BCUT2D eigenvalue weighted by Gasteiger charge is -2.14. The highest BCUT2D eigenvalue weighted by molar-refractivity contribution is 7.10. The fourth-order valence-electron chi connectivity index (χ4n) is 2.72. The smallest absolute Gasteiger partial charge is 0.330 e. The topological polar surface area (TPSA) is 66.4 Å². The second kappa shape index (κ2) is 5.93. The number of carbonyl (C=O) groups is 2. The molecule has 3 rings (SSSR count). The molecule has 0 unspecified atom stereocenters. The van der Waals surface area contributed by atoms with Crippen LogP contribution in [0.1, 0.15) is 34.4 Å². The molecule has 0 saturated heterocycles. The van der Waals surface area contributed by atoms with Gasteiger partial charge in [0.15, 0.2) is 6.04 Å². The van der Waals surface area contributed by atoms with E-state index in [1.165, 1.54) is 10.4 Å². The molecule has 22 heavy (non-hydrogen) atoms. The summed E-state index contributed by atoms with van der Waals surface area (Å²) in [5.74, 6) is -1.08. The first-order valence-corrected chi connectivity index (χ1v) is 8.08. The normalized spacial score (nSPS) is 21.1. The van der Waals surface area contributed by atoms with E-state index in [0.717, 1.165) is 6.42 Å². The van der Waals surface area contributed by atoms with Crippen LogP contribution >= 0.6 is 11.3 Å². The predicted molar refractivity (Wildman–Crippen MR) is 84.9 cm³/mol. The van der Waals surface area contributed by atoms with Crippen LogP contribution in [-0.2, 0) is 9.59 Å². The summed E-state index contributed by atoms with van der Waals surface area (Å²) in [5.41, 5.74) is 1.80. The van der Waals surface area contributed by atoms with Gasteiger partial charge in [-0.1, -0.05) is 30.3 Å². The minimum Gasteiger partial charge on any atom is -0.479 e. The third-order valence-corrected chi connectivity index (χ3v) is 5.18. The summed E-state index contributed by atoms with van der Waals surface area (Å²) in [7, 11) is 0. The van der Waals surface area contributed by atoms with Crippen molar-refractivity contribution in [2.24, 2.45) is 5.92 Å². The number of aryl methyl sites for hydroxylation is 1. The summed E-state index contributed by atoms with van der Waals surface area (Å²) in [4.78, 5) is 25.0. The van der Waals surface area contributed by atoms with Crippen LogP contribution < -0.4 is 5.32 Å². The zero-order chi connectivity index (χ0) is 15.7. The zero-order valence-electron chi connectivity index (χ0n) is 12.2. The first kappa shape index (κ1) is 14.8. The molecule has 0 aliphatic heterocycles. The molecule has 1 heterocycles. The Balaban J connectivity index is 1.69. The molecule has 114 valence electrons. The fourth-order valence-corrected chi connectivity index (χ4v) is 3.83. The summed E-state index contributed by atoms with van der Waals surface area (Å²) < 4.78 is 0. The Morgan fingerprint density at radius 3 is 2.59 bits per heavy atom. The maximum absolute atomic E-state index is 12.3. The quantitative estimate of drug-likeness (QED) is 0.891. The summed E-state index contributed by atoms with van der Waals surface area (Å²) in [5, 5.41) is 14.1. The number of aliphatic carboxylic acids is 1. The molecule has 5 heteroatoms. The highest BCUT2D eigenvalue weighted by atomic mass is 32.1. The van der Waals surface area contributed by atoms with Gasteiger partial charge >= 0.3 is 5.97 Å². The highest BCUT2D eigenvalue weighted by Gasteiger charge is 2.46. The molecule has 0 bridgehead atoms. The van der Waals surface area contributed by atoms with E-state index in [1.54, 1.807) is 35.6 Å². The average molecular weight is 315 g/mol. The van der Waals surface area contributed by atoms with Crippen LogP contribution in [-0.4, -0.2) is 17.0 Å². The molecule has 0 spiro atoms. The van der Waals surface area contributed by atoms with Crippen molar-refractivity contribution in [1.82, 2.24) is 5.32 Å². The van der Waals surface area contributed by atoms with Gasteiger partial charge in [0, 0.05) is 16.7 Å². The monoisotopic (exact) mass is 315 g/mol. The molecule has 1 aromatic carbocycles. The number of carboxylic acids is 1. The van der Waals surface area contributed by atoms with Crippen LogP contribution in [0.2, 0.25) is 0 Å². The summed E-state index contributed by atoms with van der Waals surface area (Å²) in [6.45, 7) is 2.04. The Labute approximate surface area is 132 Å². The number of carbonyl (C=O) groups excluding carboxylic acids is 1. The van der Waals surface area contributed by atoms with Crippen molar-refractivity contribution in [3.05, 3.63) is 57.8 Å². The van der Waals surface area contributed by atoms with Crippen LogP contribution in [0, 0.1) is 12.8 Å². The molecule has 0 radical (unpaired) electrons. The molecule has 1 fully saturated rings. The van der Waals surface area contributed by atoms with Crippen molar-refractivity contribution in [3.63, 3.8) is 0 Å². The minimum absolute atomic E-state index is 0.108. The summed E-state index contributed by atoms with van der Waals surface area (Å²) in [6.07, 6.45) is 0.800. The van der Waals surface area contributed by atoms with Gasteiger partial charge < -0.3 is 10.4 Å². The third-order valence-electron chi connectivity index (χ3n) is 4.03. The molecule has 1 amide bonds. The van der Waals surface area contributed by atoms with Crippen LogP contribution in [0.5, 0.6) is 0 Å². The number of thiophene rings is 1. The van der Waals surface area contributed by atoms with E-state index in [4.69, 9.17) is 0 Å². The number of carboxylic acid groups (broad SMARTS) is 1. The van der Waals surface area contributed by atoms with Gasteiger partial charge in [-0.2, -0.15) is 0 Å². The van der Waals surface area contributed by atoms with Gasteiger partial charge in [-0.3, -0.25) is 4.79 Å². The number of benzene rings is 1. The Morgan fingerprint density at radius 2 is 2.00 bits per heavy atom. The average Bonchev–Trinajstić information content (AvgIpc) is 3.19. The minimum atomic E-state index is -1.04. The van der Waals surface area contributed by atoms with Gasteiger partial charge in [0.2, 0.25) is 5.91 Å². The molecule has 1 aromatic heterocycles. The molecule has 3 atom stereocenters. The predicted octanol–water partition coefficient (Wildman–Crippen LogP) is 3.10. The van der Waals surface area contributed by atoms with Gasteiger partial charge in [0.25, 0.3) is 0 Å². The van der Waals surface area contributed by atoms with Crippen molar-refractivity contribution >= 4 is 23.2 Å². The van der Waals surface area contributed by atoms with E-state index in [9.17, 15) is 14.7 Å². The van der Waals surface area contributed by atoms with E-state index < -0.39 is 12.0 Å². The number of hydrogen-bond donors (Lipinski definition) is 2. The Hall–Kier alpha value is -2.14. The fraction of sp³-hybridized carbons (Fsp3) is 0.294. The maximum atomic E-state index is 12.3. The number of hydrogen-bond acceptors (Lipinski definition) is 3. The molecule has 1 saturated carbocycles. The van der Waals surface area contributed by atoms with Crippen LogP contribution in [0.3, 0.4) is 0 Å². The van der Waals surface area contributed by atoms with Gasteiger partial charge in [0.1, 0.15) is 0 Å². The number of nitrogens with one attached hydrogen (secondary N) is 1. The highest BCUT2D eigenvalue weighted by Crippen LogP contribution is 2.50. The van der Waals surface area contributed by atoms with Gasteiger partial charge in [-0.05, 0) is 35.9 Å². The van der Waals surface area contributed by atoms with E-state index in [0.29, 0.717) is 5.56 Å².